The fraction of sp³-hybridized carbons (Fsp3) is 0.269. The zero-order chi connectivity index (χ0) is 23.9. The Morgan fingerprint density at radius 3 is 2.71 bits per heavy atom. The van der Waals surface area contributed by atoms with Crippen LogP contribution in [0.1, 0.15) is 23.1 Å². The zero-order valence-corrected chi connectivity index (χ0v) is 22.9. The van der Waals surface area contributed by atoms with Gasteiger partial charge >= 0.3 is 0 Å². The molecule has 0 unspecified atom stereocenters. The summed E-state index contributed by atoms with van der Waals surface area (Å²) in [5, 5.41) is 8.74. The number of H-pyrrole nitrogens is 1. The molecule has 0 saturated heterocycles. The average Bonchev–Trinajstić information content (AvgIpc) is 3.28. The smallest absolute Gasteiger partial charge is 0.201 e. The second-order valence-electron chi connectivity index (χ2n) is 8.13. The van der Waals surface area contributed by atoms with Gasteiger partial charge in [-0.15, -0.1) is 11.3 Å². The number of pyridine rings is 1. The van der Waals surface area contributed by atoms with Crippen molar-refractivity contribution >= 4 is 59.2 Å². The number of aromatic amines is 1. The standard InChI is InChI=1S/C26H27Br2N3O2S/c1-17-3-5-18(6-4-17)7-11-33-25-19(13-20(27)14-21(25)28)16-29-9-2-10-30-24-15-23(32)26-22(31-24)8-12-34-26/h3-6,8,12-15,29H,2,7,9-11,16H2,1H3,(H2,30,31,32). The van der Waals surface area contributed by atoms with Crippen LogP contribution in [0.5, 0.6) is 5.75 Å². The molecule has 0 saturated carbocycles. The summed E-state index contributed by atoms with van der Waals surface area (Å²) >= 11 is 8.70. The molecule has 0 atom stereocenters. The van der Waals surface area contributed by atoms with Crippen molar-refractivity contribution in [2.24, 2.45) is 0 Å². The number of halogens is 2. The lowest BCUT2D eigenvalue weighted by Gasteiger charge is -2.15. The van der Waals surface area contributed by atoms with E-state index >= 15 is 0 Å². The molecular weight excluding hydrogens is 578 g/mol. The molecule has 8 heteroatoms. The third-order valence-electron chi connectivity index (χ3n) is 5.44. The molecule has 0 aliphatic heterocycles. The highest BCUT2D eigenvalue weighted by Crippen LogP contribution is 2.33. The van der Waals surface area contributed by atoms with E-state index in [1.165, 1.54) is 22.5 Å². The molecule has 2 aromatic carbocycles. The van der Waals surface area contributed by atoms with Gasteiger partial charge in [0.15, 0.2) is 0 Å². The first-order chi connectivity index (χ1) is 16.5. The molecule has 3 N–H and O–H groups in total. The van der Waals surface area contributed by atoms with E-state index in [0.29, 0.717) is 13.2 Å². The van der Waals surface area contributed by atoms with E-state index in [-0.39, 0.29) is 5.43 Å². The van der Waals surface area contributed by atoms with Gasteiger partial charge in [0.25, 0.3) is 0 Å². The van der Waals surface area contributed by atoms with Gasteiger partial charge < -0.3 is 20.4 Å². The van der Waals surface area contributed by atoms with Crippen LogP contribution in [0, 0.1) is 6.92 Å². The summed E-state index contributed by atoms with van der Waals surface area (Å²) in [5.41, 5.74) is 4.57. The number of aryl methyl sites for hydroxylation is 1. The minimum atomic E-state index is 0.0551. The van der Waals surface area contributed by atoms with Gasteiger partial charge in [0.1, 0.15) is 11.6 Å². The fourth-order valence-electron chi connectivity index (χ4n) is 3.66. The van der Waals surface area contributed by atoms with Crippen LogP contribution in [-0.4, -0.2) is 24.7 Å². The first-order valence-electron chi connectivity index (χ1n) is 11.2. The van der Waals surface area contributed by atoms with Gasteiger partial charge in [0.05, 0.1) is 21.3 Å². The van der Waals surface area contributed by atoms with E-state index in [4.69, 9.17) is 4.74 Å². The Labute approximate surface area is 220 Å². The number of rotatable bonds is 11. The SMILES string of the molecule is Cc1ccc(CCOc2c(Br)cc(Br)cc2CNCCCNc2cc(=O)c3sccc3[nH]2)cc1. The molecule has 0 amide bonds. The van der Waals surface area contributed by atoms with Gasteiger partial charge in [0, 0.05) is 35.6 Å². The third kappa shape index (κ3) is 6.72. The first kappa shape index (κ1) is 25.0. The molecular formula is C26H27Br2N3O2S. The number of aromatic nitrogens is 1. The van der Waals surface area contributed by atoms with Crippen LogP contribution >= 0.6 is 43.2 Å². The number of fused-ring (bicyclic) bond motifs is 1. The van der Waals surface area contributed by atoms with Crippen LogP contribution in [0.15, 0.2) is 67.7 Å². The molecule has 0 spiro atoms. The van der Waals surface area contributed by atoms with Crippen LogP contribution in [0.25, 0.3) is 10.2 Å². The summed E-state index contributed by atoms with van der Waals surface area (Å²) in [6, 6.07) is 16.2. The molecule has 4 aromatic rings. The molecule has 0 aliphatic rings. The topological polar surface area (TPSA) is 66.2 Å². The van der Waals surface area contributed by atoms with Crippen molar-refractivity contribution in [3.63, 3.8) is 0 Å². The molecule has 0 aliphatic carbocycles. The van der Waals surface area contributed by atoms with Gasteiger partial charge in [-0.1, -0.05) is 45.8 Å². The van der Waals surface area contributed by atoms with E-state index in [1.54, 1.807) is 6.07 Å². The Bertz CT molecular complexity index is 1300. The van der Waals surface area contributed by atoms with Crippen molar-refractivity contribution in [2.75, 3.05) is 25.0 Å². The van der Waals surface area contributed by atoms with Crippen molar-refractivity contribution in [2.45, 2.75) is 26.3 Å². The molecule has 0 radical (unpaired) electrons. The fourth-order valence-corrected chi connectivity index (χ4v) is 5.85. The Morgan fingerprint density at radius 2 is 1.88 bits per heavy atom. The molecule has 0 bridgehead atoms. The number of nitrogens with one attached hydrogen (secondary N) is 3. The van der Waals surface area contributed by atoms with Crippen LogP contribution in [-0.2, 0) is 13.0 Å². The quantitative estimate of drug-likeness (QED) is 0.168. The van der Waals surface area contributed by atoms with E-state index in [0.717, 1.165) is 62.2 Å². The number of benzene rings is 2. The molecule has 34 heavy (non-hydrogen) atoms. The van der Waals surface area contributed by atoms with Crippen molar-refractivity contribution in [1.82, 2.24) is 10.3 Å². The minimum Gasteiger partial charge on any atom is -0.492 e. The molecule has 178 valence electrons. The Hall–Kier alpha value is -2.13. The zero-order valence-electron chi connectivity index (χ0n) is 18.9. The van der Waals surface area contributed by atoms with E-state index < -0.39 is 0 Å². The van der Waals surface area contributed by atoms with E-state index in [2.05, 4.69) is 84.7 Å². The first-order valence-corrected chi connectivity index (χ1v) is 13.7. The van der Waals surface area contributed by atoms with Crippen molar-refractivity contribution in [1.29, 1.82) is 0 Å². The Balaban J connectivity index is 1.25. The maximum absolute atomic E-state index is 12.1. The summed E-state index contributed by atoms with van der Waals surface area (Å²) in [5.74, 6) is 1.64. The predicted octanol–water partition coefficient (Wildman–Crippen LogP) is 6.64. The van der Waals surface area contributed by atoms with Crippen LogP contribution in [0.2, 0.25) is 0 Å². The maximum atomic E-state index is 12.1. The second kappa shape index (κ2) is 12.0. The van der Waals surface area contributed by atoms with Gasteiger partial charge in [0.2, 0.25) is 5.43 Å². The van der Waals surface area contributed by atoms with Crippen molar-refractivity contribution in [3.8, 4) is 5.75 Å². The molecule has 4 rings (SSSR count). The molecule has 5 nitrogen and oxygen atoms in total. The monoisotopic (exact) mass is 603 g/mol. The average molecular weight is 605 g/mol. The normalized spacial score (nSPS) is 11.1. The summed E-state index contributed by atoms with van der Waals surface area (Å²) in [4.78, 5) is 15.4. The van der Waals surface area contributed by atoms with Crippen molar-refractivity contribution < 1.29 is 4.74 Å². The highest BCUT2D eigenvalue weighted by atomic mass is 79.9. The van der Waals surface area contributed by atoms with Gasteiger partial charge in [-0.2, -0.15) is 0 Å². The number of thiophene rings is 1. The van der Waals surface area contributed by atoms with E-state index in [1.807, 2.05) is 17.5 Å². The molecule has 0 fully saturated rings. The summed E-state index contributed by atoms with van der Waals surface area (Å²) in [6.07, 6.45) is 1.78. The van der Waals surface area contributed by atoms with Gasteiger partial charge in [-0.3, -0.25) is 4.79 Å². The highest BCUT2D eigenvalue weighted by Gasteiger charge is 2.11. The van der Waals surface area contributed by atoms with Crippen molar-refractivity contribution in [3.05, 3.63) is 89.8 Å². The minimum absolute atomic E-state index is 0.0551. The summed E-state index contributed by atoms with van der Waals surface area (Å²) in [7, 11) is 0. The lowest BCUT2D eigenvalue weighted by atomic mass is 10.1. The van der Waals surface area contributed by atoms with Gasteiger partial charge in [-0.25, -0.2) is 0 Å². The van der Waals surface area contributed by atoms with Crippen LogP contribution in [0.4, 0.5) is 5.82 Å². The summed E-state index contributed by atoms with van der Waals surface area (Å²) in [6.45, 7) is 5.02. The number of ether oxygens (including phenoxy) is 1. The Kier molecular flexibility index (Phi) is 8.83. The predicted molar refractivity (Wildman–Crippen MR) is 149 cm³/mol. The van der Waals surface area contributed by atoms with Gasteiger partial charge in [-0.05, 0) is 65.0 Å². The number of anilines is 1. The Morgan fingerprint density at radius 1 is 1.06 bits per heavy atom. The molecule has 2 heterocycles. The number of hydrogen-bond acceptors (Lipinski definition) is 5. The lowest BCUT2D eigenvalue weighted by molar-refractivity contribution is 0.315. The third-order valence-corrected chi connectivity index (χ3v) is 7.41. The lowest BCUT2D eigenvalue weighted by Crippen LogP contribution is -2.19. The number of hydrogen-bond donors (Lipinski definition) is 3. The highest BCUT2D eigenvalue weighted by molar-refractivity contribution is 9.11. The maximum Gasteiger partial charge on any atom is 0.201 e. The summed E-state index contributed by atoms with van der Waals surface area (Å²) < 4.78 is 8.90. The van der Waals surface area contributed by atoms with Crippen LogP contribution < -0.4 is 20.8 Å². The van der Waals surface area contributed by atoms with Crippen LogP contribution in [0.3, 0.4) is 0 Å². The van der Waals surface area contributed by atoms with E-state index in [9.17, 15) is 4.79 Å². The molecule has 2 aromatic heterocycles. The largest absolute Gasteiger partial charge is 0.492 e. The second-order valence-corrected chi connectivity index (χ2v) is 10.8.